The predicted molar refractivity (Wildman–Crippen MR) is 96.3 cm³/mol. The van der Waals surface area contributed by atoms with Crippen LogP contribution in [0.4, 0.5) is 0 Å². The van der Waals surface area contributed by atoms with Gasteiger partial charge in [-0.1, -0.05) is 49.4 Å². The summed E-state index contributed by atoms with van der Waals surface area (Å²) in [5.74, 6) is 0.225. The normalized spacial score (nSPS) is 18.8. The third kappa shape index (κ3) is 4.95. The van der Waals surface area contributed by atoms with Crippen LogP contribution in [0.1, 0.15) is 38.7 Å². The molecule has 1 aromatic carbocycles. The number of β-lactam (4-membered cyclic amide) rings is 1. The fourth-order valence-corrected chi connectivity index (χ4v) is 2.78. The second-order valence-electron chi connectivity index (χ2n) is 5.89. The summed E-state index contributed by atoms with van der Waals surface area (Å²) in [6.07, 6.45) is 6.86. The molecule has 1 aromatic rings. The molecule has 0 bridgehead atoms. The lowest BCUT2D eigenvalue weighted by molar-refractivity contribution is -0.182. The highest BCUT2D eigenvalue weighted by atomic mass is 16.5. The molecule has 1 heterocycles. The quantitative estimate of drug-likeness (QED) is 0.412. The van der Waals surface area contributed by atoms with Crippen LogP contribution in [-0.4, -0.2) is 36.2 Å². The van der Waals surface area contributed by atoms with Crippen LogP contribution in [0.3, 0.4) is 0 Å². The third-order valence-electron chi connectivity index (χ3n) is 4.04. The topological polar surface area (TPSA) is 55.8 Å². The number of esters is 1. The molecule has 0 aromatic heterocycles. The van der Waals surface area contributed by atoms with Gasteiger partial charge in [0.1, 0.15) is 6.04 Å². The van der Waals surface area contributed by atoms with Gasteiger partial charge in [0.2, 0.25) is 5.91 Å². The summed E-state index contributed by atoms with van der Waals surface area (Å²) in [6, 6.07) is 9.12. The van der Waals surface area contributed by atoms with E-state index in [2.05, 4.69) is 0 Å². The minimum atomic E-state index is -0.675. The van der Waals surface area contributed by atoms with E-state index in [0.29, 0.717) is 6.42 Å². The molecule has 0 aliphatic carbocycles. The Bertz CT molecular complexity index is 651. The molecule has 2 atom stereocenters. The molecule has 0 spiro atoms. The van der Waals surface area contributed by atoms with Gasteiger partial charge in [-0.15, -0.1) is 0 Å². The molecule has 0 saturated carbocycles. The van der Waals surface area contributed by atoms with Gasteiger partial charge in [0.25, 0.3) is 0 Å². The van der Waals surface area contributed by atoms with Gasteiger partial charge < -0.3 is 9.47 Å². The number of hydrogen-bond acceptors (Lipinski definition) is 4. The van der Waals surface area contributed by atoms with Gasteiger partial charge in [-0.3, -0.25) is 9.69 Å². The molecule has 1 unspecified atom stereocenters. The number of allylic oxidation sites excluding steroid dienone is 2. The van der Waals surface area contributed by atoms with E-state index in [1.54, 1.807) is 0 Å². The number of benzene rings is 1. The van der Waals surface area contributed by atoms with Crippen LogP contribution in [0.2, 0.25) is 0 Å². The maximum Gasteiger partial charge on any atom is 0.329 e. The minimum absolute atomic E-state index is 0.0993. The number of ether oxygens (including phenoxy) is 2. The van der Waals surface area contributed by atoms with Gasteiger partial charge in [-0.05, 0) is 31.4 Å². The van der Waals surface area contributed by atoms with Crippen LogP contribution in [-0.2, 0) is 19.1 Å². The average Bonchev–Trinajstić information content (AvgIpc) is 2.60. The maximum absolute atomic E-state index is 12.2. The SMILES string of the molecule is CC/C=C(/C)O[C@@H]1CC(=O)N1C(C/C=C/c1ccccc1)C(=O)OC. The maximum atomic E-state index is 12.2. The molecule has 25 heavy (non-hydrogen) atoms. The number of carbonyl (C=O) groups is 2. The number of amides is 1. The van der Waals surface area contributed by atoms with Gasteiger partial charge in [0.05, 0.1) is 19.3 Å². The molecule has 2 rings (SSSR count). The third-order valence-corrected chi connectivity index (χ3v) is 4.04. The molecule has 1 aliphatic heterocycles. The van der Waals surface area contributed by atoms with Crippen molar-refractivity contribution < 1.29 is 19.1 Å². The van der Waals surface area contributed by atoms with E-state index < -0.39 is 18.2 Å². The van der Waals surface area contributed by atoms with Crippen LogP contribution >= 0.6 is 0 Å². The molecule has 5 nitrogen and oxygen atoms in total. The highest BCUT2D eigenvalue weighted by Gasteiger charge is 2.45. The van der Waals surface area contributed by atoms with Crippen LogP contribution in [0.5, 0.6) is 0 Å². The fraction of sp³-hybridized carbons (Fsp3) is 0.400. The Kier molecular flexibility index (Phi) is 6.81. The molecule has 1 aliphatic rings. The van der Waals surface area contributed by atoms with Crippen molar-refractivity contribution in [2.45, 2.75) is 45.4 Å². The number of rotatable bonds is 8. The summed E-state index contributed by atoms with van der Waals surface area (Å²) in [7, 11) is 1.33. The zero-order valence-electron chi connectivity index (χ0n) is 15.0. The molecule has 1 saturated heterocycles. The lowest BCUT2D eigenvalue weighted by Crippen LogP contribution is -2.60. The summed E-state index contributed by atoms with van der Waals surface area (Å²) in [4.78, 5) is 25.7. The summed E-state index contributed by atoms with van der Waals surface area (Å²) in [6.45, 7) is 3.87. The summed E-state index contributed by atoms with van der Waals surface area (Å²) >= 11 is 0. The van der Waals surface area contributed by atoms with Crippen LogP contribution in [0.25, 0.3) is 6.08 Å². The smallest absolute Gasteiger partial charge is 0.329 e. The van der Waals surface area contributed by atoms with E-state index in [1.165, 1.54) is 12.0 Å². The molecule has 1 fully saturated rings. The zero-order valence-corrected chi connectivity index (χ0v) is 15.0. The van der Waals surface area contributed by atoms with Crippen LogP contribution in [0, 0.1) is 0 Å². The highest BCUT2D eigenvalue weighted by Crippen LogP contribution is 2.28. The van der Waals surface area contributed by atoms with Crippen molar-refractivity contribution in [2.24, 2.45) is 0 Å². The van der Waals surface area contributed by atoms with Crippen molar-refractivity contribution in [2.75, 3.05) is 7.11 Å². The number of methoxy groups -OCH3 is 1. The van der Waals surface area contributed by atoms with Gasteiger partial charge in [0.15, 0.2) is 6.23 Å². The van der Waals surface area contributed by atoms with E-state index in [-0.39, 0.29) is 12.3 Å². The Labute approximate surface area is 148 Å². The average molecular weight is 343 g/mol. The highest BCUT2D eigenvalue weighted by molar-refractivity contribution is 5.89. The van der Waals surface area contributed by atoms with Gasteiger partial charge in [0, 0.05) is 0 Å². The number of likely N-dealkylation sites (tertiary alicyclic amines) is 1. The van der Waals surface area contributed by atoms with E-state index in [1.807, 2.05) is 62.4 Å². The van der Waals surface area contributed by atoms with Crippen molar-refractivity contribution in [1.29, 1.82) is 0 Å². The van der Waals surface area contributed by atoms with Crippen molar-refractivity contribution in [3.05, 3.63) is 53.8 Å². The molecular formula is C20H25NO4. The predicted octanol–water partition coefficient (Wildman–Crippen LogP) is 3.52. The zero-order chi connectivity index (χ0) is 18.2. The largest absolute Gasteiger partial charge is 0.475 e. The first-order valence-corrected chi connectivity index (χ1v) is 8.50. The Morgan fingerprint density at radius 1 is 1.36 bits per heavy atom. The number of carbonyl (C=O) groups excluding carboxylic acids is 2. The molecule has 0 N–H and O–H groups in total. The van der Waals surface area contributed by atoms with E-state index in [4.69, 9.17) is 9.47 Å². The first kappa shape index (κ1) is 18.8. The van der Waals surface area contributed by atoms with Gasteiger partial charge in [-0.25, -0.2) is 4.79 Å². The Hall–Kier alpha value is -2.56. The molecule has 134 valence electrons. The molecular weight excluding hydrogens is 318 g/mol. The van der Waals surface area contributed by atoms with Crippen molar-refractivity contribution in [3.63, 3.8) is 0 Å². The Balaban J connectivity index is 2.07. The second-order valence-corrected chi connectivity index (χ2v) is 5.89. The first-order valence-electron chi connectivity index (χ1n) is 8.50. The molecule has 5 heteroatoms. The minimum Gasteiger partial charge on any atom is -0.475 e. The number of hydrogen-bond donors (Lipinski definition) is 0. The van der Waals surface area contributed by atoms with Crippen LogP contribution < -0.4 is 0 Å². The van der Waals surface area contributed by atoms with Gasteiger partial charge in [-0.2, -0.15) is 0 Å². The molecule has 1 amide bonds. The van der Waals surface area contributed by atoms with Crippen molar-refractivity contribution >= 4 is 18.0 Å². The Morgan fingerprint density at radius 2 is 2.08 bits per heavy atom. The van der Waals surface area contributed by atoms with Crippen LogP contribution in [0.15, 0.2) is 48.2 Å². The summed E-state index contributed by atoms with van der Waals surface area (Å²) in [5.41, 5.74) is 1.04. The number of nitrogens with zero attached hydrogens (tertiary/aromatic N) is 1. The standard InChI is InChI=1S/C20H25NO4/c1-4-9-15(2)25-19-14-18(22)21(19)17(20(23)24-3)13-8-12-16-10-6-5-7-11-16/h5-12,17,19H,4,13-14H2,1-3H3/b12-8+,15-9-/t17?,19-/m1/s1. The molecule has 0 radical (unpaired) electrons. The monoisotopic (exact) mass is 343 g/mol. The Morgan fingerprint density at radius 3 is 2.68 bits per heavy atom. The summed E-state index contributed by atoms with van der Waals surface area (Å²) < 4.78 is 10.7. The first-order chi connectivity index (χ1) is 12.1. The van der Waals surface area contributed by atoms with E-state index >= 15 is 0 Å². The van der Waals surface area contributed by atoms with E-state index in [0.717, 1.165) is 17.7 Å². The van der Waals surface area contributed by atoms with Gasteiger partial charge >= 0.3 is 5.97 Å². The van der Waals surface area contributed by atoms with Crippen molar-refractivity contribution in [1.82, 2.24) is 4.90 Å². The van der Waals surface area contributed by atoms with E-state index in [9.17, 15) is 9.59 Å². The second kappa shape index (κ2) is 9.06. The lowest BCUT2D eigenvalue weighted by Gasteiger charge is -2.43. The fourth-order valence-electron chi connectivity index (χ4n) is 2.78. The summed E-state index contributed by atoms with van der Waals surface area (Å²) in [5, 5.41) is 0. The lowest BCUT2D eigenvalue weighted by atomic mass is 10.0. The van der Waals surface area contributed by atoms with Crippen molar-refractivity contribution in [3.8, 4) is 0 Å².